The van der Waals surface area contributed by atoms with Crippen LogP contribution in [0.5, 0.6) is 0 Å². The van der Waals surface area contributed by atoms with Gasteiger partial charge in [0.15, 0.2) is 0 Å². The summed E-state index contributed by atoms with van der Waals surface area (Å²) in [6.45, 7) is 2.43. The van der Waals surface area contributed by atoms with Crippen molar-refractivity contribution in [3.8, 4) is 0 Å². The van der Waals surface area contributed by atoms with Crippen molar-refractivity contribution in [1.29, 1.82) is 0 Å². The minimum atomic E-state index is 0.637. The predicted octanol–water partition coefficient (Wildman–Crippen LogP) is 5.51. The molecule has 5 atom stereocenters. The van der Waals surface area contributed by atoms with Gasteiger partial charge in [0.1, 0.15) is 0 Å². The summed E-state index contributed by atoms with van der Waals surface area (Å²) in [5, 5.41) is 0. The molecule has 0 N–H and O–H groups in total. The van der Waals surface area contributed by atoms with Gasteiger partial charge in [-0.2, -0.15) is 11.8 Å². The van der Waals surface area contributed by atoms with Gasteiger partial charge in [-0.05, 0) is 94.1 Å². The molecule has 104 valence electrons. The molecule has 0 aliphatic heterocycles. The first-order valence-electron chi connectivity index (χ1n) is 8.31. The van der Waals surface area contributed by atoms with Gasteiger partial charge in [0.2, 0.25) is 0 Å². The van der Waals surface area contributed by atoms with Crippen molar-refractivity contribution in [2.45, 2.75) is 75.9 Å². The van der Waals surface area contributed by atoms with E-state index in [9.17, 15) is 0 Å². The lowest BCUT2D eigenvalue weighted by atomic mass is 9.72. The molecule has 1 heteroatoms. The van der Waals surface area contributed by atoms with Crippen LogP contribution in [0.3, 0.4) is 0 Å². The first kappa shape index (κ1) is 13.3. The summed E-state index contributed by atoms with van der Waals surface area (Å²) in [4.78, 5) is 0. The van der Waals surface area contributed by atoms with Crippen LogP contribution in [0.4, 0.5) is 0 Å². The highest BCUT2D eigenvalue weighted by atomic mass is 32.2. The van der Waals surface area contributed by atoms with Crippen LogP contribution in [-0.4, -0.2) is 11.0 Å². The van der Waals surface area contributed by atoms with E-state index >= 15 is 0 Å². The summed E-state index contributed by atoms with van der Waals surface area (Å²) in [6.07, 6.45) is 17.7. The van der Waals surface area contributed by atoms with Crippen LogP contribution in [0.25, 0.3) is 0 Å². The lowest BCUT2D eigenvalue weighted by molar-refractivity contribution is 0.172. The SMILES string of the molecule is CCC1(SC)CCC2CCC3CCC2CC3CC1. The van der Waals surface area contributed by atoms with Crippen LogP contribution in [0.2, 0.25) is 0 Å². The predicted molar refractivity (Wildman–Crippen MR) is 82.1 cm³/mol. The number of hydrogen-bond donors (Lipinski definition) is 0. The zero-order valence-corrected chi connectivity index (χ0v) is 13.1. The summed E-state index contributed by atoms with van der Waals surface area (Å²) >= 11 is 2.19. The van der Waals surface area contributed by atoms with E-state index in [0.29, 0.717) is 4.75 Å². The third kappa shape index (κ3) is 2.37. The smallest absolute Gasteiger partial charge is 0.0154 e. The van der Waals surface area contributed by atoms with Gasteiger partial charge >= 0.3 is 0 Å². The molecule has 0 aromatic carbocycles. The highest BCUT2D eigenvalue weighted by Gasteiger charge is 2.41. The minimum Gasteiger partial charge on any atom is -0.159 e. The monoisotopic (exact) mass is 266 g/mol. The molecular weight excluding hydrogens is 236 g/mol. The van der Waals surface area contributed by atoms with Crippen LogP contribution in [0.15, 0.2) is 0 Å². The number of rotatable bonds is 2. The van der Waals surface area contributed by atoms with E-state index in [1.165, 1.54) is 19.3 Å². The van der Waals surface area contributed by atoms with Crippen molar-refractivity contribution in [1.82, 2.24) is 0 Å². The maximum Gasteiger partial charge on any atom is 0.0154 e. The van der Waals surface area contributed by atoms with Crippen LogP contribution in [0, 0.1) is 23.7 Å². The summed E-state index contributed by atoms with van der Waals surface area (Å²) in [6, 6.07) is 0. The van der Waals surface area contributed by atoms with Crippen LogP contribution >= 0.6 is 11.8 Å². The standard InChI is InChI=1S/C17H30S/c1-3-17(18-2)10-8-14-5-4-13-6-7-15(14)12-16(13)9-11-17/h13-16H,3-12H2,1-2H3. The Kier molecular flexibility index (Phi) is 3.99. The fourth-order valence-corrected chi connectivity index (χ4v) is 6.23. The van der Waals surface area contributed by atoms with E-state index in [2.05, 4.69) is 24.9 Å². The number of hydrogen-bond acceptors (Lipinski definition) is 1. The zero-order chi connectivity index (χ0) is 12.6. The molecule has 0 nitrogen and oxygen atoms in total. The zero-order valence-electron chi connectivity index (χ0n) is 12.3. The van der Waals surface area contributed by atoms with Crippen LogP contribution < -0.4 is 0 Å². The molecule has 4 aliphatic carbocycles. The molecule has 4 saturated carbocycles. The molecular formula is C17H30S. The van der Waals surface area contributed by atoms with Crippen molar-refractivity contribution in [2.75, 3.05) is 6.26 Å². The molecule has 0 saturated heterocycles. The molecule has 0 heterocycles. The molecule has 4 aliphatic rings. The number of thioether (sulfide) groups is 1. The summed E-state index contributed by atoms with van der Waals surface area (Å²) < 4.78 is 0.637. The van der Waals surface area contributed by atoms with E-state index in [4.69, 9.17) is 0 Å². The minimum absolute atomic E-state index is 0.637. The molecule has 4 fully saturated rings. The molecule has 18 heavy (non-hydrogen) atoms. The molecule has 4 rings (SSSR count). The van der Waals surface area contributed by atoms with Gasteiger partial charge in [0.05, 0.1) is 0 Å². The molecule has 0 amide bonds. The van der Waals surface area contributed by atoms with Gasteiger partial charge in [-0.15, -0.1) is 0 Å². The average Bonchev–Trinajstić information content (AvgIpc) is 2.69. The molecule has 5 unspecified atom stereocenters. The molecule has 4 bridgehead atoms. The highest BCUT2D eigenvalue weighted by Crippen LogP contribution is 2.52. The van der Waals surface area contributed by atoms with Crippen molar-refractivity contribution in [3.63, 3.8) is 0 Å². The first-order valence-corrected chi connectivity index (χ1v) is 9.54. The largest absolute Gasteiger partial charge is 0.159 e. The Balaban J connectivity index is 1.82. The Bertz CT molecular complexity index is 273. The van der Waals surface area contributed by atoms with Gasteiger partial charge in [0, 0.05) is 4.75 Å². The summed E-state index contributed by atoms with van der Waals surface area (Å²) in [5.74, 6) is 4.42. The maximum atomic E-state index is 2.43. The fourth-order valence-electron chi connectivity index (χ4n) is 5.29. The van der Waals surface area contributed by atoms with Gasteiger partial charge in [-0.25, -0.2) is 0 Å². The quantitative estimate of drug-likeness (QED) is 0.634. The summed E-state index contributed by atoms with van der Waals surface area (Å²) in [7, 11) is 0. The van der Waals surface area contributed by atoms with Crippen LogP contribution in [0.1, 0.15) is 71.1 Å². The number of fused-ring (bicyclic) bond motifs is 2. The second-order valence-corrected chi connectivity index (χ2v) is 8.52. The normalized spacial score (nSPS) is 48.3. The lowest BCUT2D eigenvalue weighted by Crippen LogP contribution is -2.26. The van der Waals surface area contributed by atoms with E-state index < -0.39 is 0 Å². The maximum absolute atomic E-state index is 2.43. The van der Waals surface area contributed by atoms with Crippen molar-refractivity contribution in [3.05, 3.63) is 0 Å². The molecule has 0 aromatic heterocycles. The van der Waals surface area contributed by atoms with Gasteiger partial charge in [0.25, 0.3) is 0 Å². The highest BCUT2D eigenvalue weighted by molar-refractivity contribution is 8.00. The van der Waals surface area contributed by atoms with Gasteiger partial charge < -0.3 is 0 Å². The Morgan fingerprint density at radius 2 is 1.33 bits per heavy atom. The van der Waals surface area contributed by atoms with Crippen molar-refractivity contribution in [2.24, 2.45) is 23.7 Å². The second kappa shape index (κ2) is 5.38. The van der Waals surface area contributed by atoms with Crippen molar-refractivity contribution < 1.29 is 0 Å². The Hall–Kier alpha value is 0.350. The Morgan fingerprint density at radius 1 is 0.833 bits per heavy atom. The van der Waals surface area contributed by atoms with Crippen molar-refractivity contribution >= 4 is 11.8 Å². The Labute approximate surface area is 118 Å². The fraction of sp³-hybridized carbons (Fsp3) is 1.00. The average molecular weight is 266 g/mol. The molecule has 0 spiro atoms. The van der Waals surface area contributed by atoms with E-state index in [1.54, 1.807) is 44.9 Å². The first-order chi connectivity index (χ1) is 8.76. The van der Waals surface area contributed by atoms with Gasteiger partial charge in [-0.1, -0.05) is 6.92 Å². The molecule has 0 aromatic rings. The molecule has 0 radical (unpaired) electrons. The van der Waals surface area contributed by atoms with E-state index in [1.807, 2.05) is 0 Å². The van der Waals surface area contributed by atoms with E-state index in [0.717, 1.165) is 23.7 Å². The van der Waals surface area contributed by atoms with Gasteiger partial charge in [-0.3, -0.25) is 0 Å². The van der Waals surface area contributed by atoms with Crippen LogP contribution in [-0.2, 0) is 0 Å². The lowest BCUT2D eigenvalue weighted by Gasteiger charge is -2.35. The third-order valence-electron chi connectivity index (χ3n) is 6.77. The Morgan fingerprint density at radius 3 is 1.94 bits per heavy atom. The summed E-state index contributed by atoms with van der Waals surface area (Å²) in [5.41, 5.74) is 0. The third-order valence-corrected chi connectivity index (χ3v) is 8.34. The second-order valence-electron chi connectivity index (χ2n) is 7.25. The van der Waals surface area contributed by atoms with E-state index in [-0.39, 0.29) is 0 Å². The topological polar surface area (TPSA) is 0 Å².